The number of aromatic nitrogens is 2. The van der Waals surface area contributed by atoms with Gasteiger partial charge < -0.3 is 5.32 Å². The van der Waals surface area contributed by atoms with Crippen LogP contribution in [0.4, 0.5) is 0 Å². The van der Waals surface area contributed by atoms with E-state index in [1.165, 1.54) is 10.7 Å². The van der Waals surface area contributed by atoms with E-state index in [0.717, 1.165) is 11.1 Å². The number of nitrogens with one attached hydrogen (secondary N) is 1. The number of carbonyl (C=O) groups excluding carboxylic acids is 1. The van der Waals surface area contributed by atoms with E-state index in [1.54, 1.807) is 18.2 Å². The maximum absolute atomic E-state index is 12.1. The Morgan fingerprint density at radius 2 is 1.85 bits per heavy atom. The van der Waals surface area contributed by atoms with E-state index in [1.807, 2.05) is 42.5 Å². The molecule has 1 heterocycles. The molecule has 0 aliphatic heterocycles. The zero-order valence-electron chi connectivity index (χ0n) is 14.1. The van der Waals surface area contributed by atoms with Crippen molar-refractivity contribution in [2.45, 2.75) is 19.5 Å². The van der Waals surface area contributed by atoms with Gasteiger partial charge in [0, 0.05) is 29.6 Å². The first-order valence-electron chi connectivity index (χ1n) is 8.26. The van der Waals surface area contributed by atoms with E-state index in [4.69, 9.17) is 11.6 Å². The summed E-state index contributed by atoms with van der Waals surface area (Å²) in [4.78, 5) is 24.0. The van der Waals surface area contributed by atoms with Crippen LogP contribution in [0, 0.1) is 0 Å². The molecule has 1 N–H and O–H groups in total. The van der Waals surface area contributed by atoms with Crippen molar-refractivity contribution in [3.8, 4) is 11.3 Å². The van der Waals surface area contributed by atoms with Crippen LogP contribution in [0.5, 0.6) is 0 Å². The molecule has 5 nitrogen and oxygen atoms in total. The molecule has 0 aliphatic rings. The van der Waals surface area contributed by atoms with Crippen molar-refractivity contribution in [2.24, 2.45) is 0 Å². The monoisotopic (exact) mass is 367 g/mol. The van der Waals surface area contributed by atoms with Gasteiger partial charge in [0.25, 0.3) is 5.56 Å². The summed E-state index contributed by atoms with van der Waals surface area (Å²) in [5.74, 6) is -0.149. The zero-order chi connectivity index (χ0) is 18.4. The van der Waals surface area contributed by atoms with Crippen molar-refractivity contribution in [3.63, 3.8) is 0 Å². The van der Waals surface area contributed by atoms with Gasteiger partial charge in [0.1, 0.15) is 0 Å². The highest BCUT2D eigenvalue weighted by Crippen LogP contribution is 2.14. The smallest absolute Gasteiger partial charge is 0.266 e. The number of hydrogen-bond acceptors (Lipinski definition) is 3. The third kappa shape index (κ3) is 4.80. The van der Waals surface area contributed by atoms with Gasteiger partial charge in [-0.1, -0.05) is 54.1 Å². The van der Waals surface area contributed by atoms with Gasteiger partial charge in [0.2, 0.25) is 5.91 Å². The van der Waals surface area contributed by atoms with E-state index in [-0.39, 0.29) is 24.4 Å². The van der Waals surface area contributed by atoms with Crippen molar-refractivity contribution in [1.29, 1.82) is 0 Å². The Bertz CT molecular complexity index is 955. The third-order valence-corrected chi connectivity index (χ3v) is 4.10. The number of aryl methyl sites for hydroxylation is 1. The number of rotatable bonds is 6. The SMILES string of the molecule is O=C(CCn1nc(-c2ccccc2)ccc1=O)NCc1cccc(Cl)c1. The molecular weight excluding hydrogens is 350 g/mol. The van der Waals surface area contributed by atoms with Crippen LogP contribution in [-0.4, -0.2) is 15.7 Å². The van der Waals surface area contributed by atoms with Gasteiger partial charge in [-0.25, -0.2) is 4.68 Å². The highest BCUT2D eigenvalue weighted by molar-refractivity contribution is 6.30. The van der Waals surface area contributed by atoms with Gasteiger partial charge in [-0.3, -0.25) is 9.59 Å². The molecule has 6 heteroatoms. The predicted molar refractivity (Wildman–Crippen MR) is 102 cm³/mol. The van der Waals surface area contributed by atoms with Crippen molar-refractivity contribution in [1.82, 2.24) is 15.1 Å². The summed E-state index contributed by atoms with van der Waals surface area (Å²) in [6, 6.07) is 20.1. The minimum atomic E-state index is -0.229. The number of carbonyl (C=O) groups is 1. The highest BCUT2D eigenvalue weighted by atomic mass is 35.5. The molecule has 2 aromatic carbocycles. The first-order valence-corrected chi connectivity index (χ1v) is 8.64. The molecule has 0 unspecified atom stereocenters. The Morgan fingerprint density at radius 3 is 2.62 bits per heavy atom. The van der Waals surface area contributed by atoms with E-state index >= 15 is 0 Å². The van der Waals surface area contributed by atoms with E-state index < -0.39 is 0 Å². The van der Waals surface area contributed by atoms with E-state index in [2.05, 4.69) is 10.4 Å². The fourth-order valence-corrected chi connectivity index (χ4v) is 2.73. The molecule has 3 aromatic rings. The molecule has 0 fully saturated rings. The molecule has 1 amide bonds. The molecule has 0 aliphatic carbocycles. The summed E-state index contributed by atoms with van der Waals surface area (Å²) < 4.78 is 1.32. The third-order valence-electron chi connectivity index (χ3n) is 3.87. The first-order chi connectivity index (χ1) is 12.6. The van der Waals surface area contributed by atoms with Crippen LogP contribution < -0.4 is 10.9 Å². The van der Waals surface area contributed by atoms with Gasteiger partial charge in [-0.2, -0.15) is 5.10 Å². The highest BCUT2D eigenvalue weighted by Gasteiger charge is 2.06. The summed E-state index contributed by atoms with van der Waals surface area (Å²) in [7, 11) is 0. The number of nitrogens with zero attached hydrogens (tertiary/aromatic N) is 2. The number of halogens is 1. The standard InChI is InChI=1S/C20H18ClN3O2/c21-17-8-4-5-15(13-17)14-22-19(25)11-12-24-20(26)10-9-18(23-24)16-6-2-1-3-7-16/h1-10,13H,11-12,14H2,(H,22,25). The van der Waals surface area contributed by atoms with Gasteiger partial charge in [0.05, 0.1) is 12.2 Å². The lowest BCUT2D eigenvalue weighted by Gasteiger charge is -2.08. The quantitative estimate of drug-likeness (QED) is 0.727. The molecule has 0 radical (unpaired) electrons. The molecular formula is C20H18ClN3O2. The molecule has 0 spiro atoms. The maximum atomic E-state index is 12.1. The molecule has 0 saturated carbocycles. The van der Waals surface area contributed by atoms with Crippen LogP contribution in [0.2, 0.25) is 5.02 Å². The summed E-state index contributed by atoms with van der Waals surface area (Å²) in [5, 5.41) is 7.80. The molecule has 3 rings (SSSR count). The van der Waals surface area contributed by atoms with Crippen LogP contribution >= 0.6 is 11.6 Å². The number of hydrogen-bond donors (Lipinski definition) is 1. The van der Waals surface area contributed by atoms with Crippen LogP contribution in [0.3, 0.4) is 0 Å². The fraction of sp³-hybridized carbons (Fsp3) is 0.150. The predicted octanol–water partition coefficient (Wildman–Crippen LogP) is 3.27. The maximum Gasteiger partial charge on any atom is 0.266 e. The second-order valence-corrected chi connectivity index (χ2v) is 6.24. The molecule has 0 atom stereocenters. The van der Waals surface area contributed by atoms with Crippen molar-refractivity contribution in [3.05, 3.63) is 87.7 Å². The number of benzene rings is 2. The Labute approximate surface area is 156 Å². The summed E-state index contributed by atoms with van der Waals surface area (Å²) in [6.45, 7) is 0.618. The van der Waals surface area contributed by atoms with Crippen LogP contribution in [-0.2, 0) is 17.9 Å². The lowest BCUT2D eigenvalue weighted by molar-refractivity contribution is -0.121. The largest absolute Gasteiger partial charge is 0.352 e. The summed E-state index contributed by atoms with van der Waals surface area (Å²) >= 11 is 5.93. The van der Waals surface area contributed by atoms with Crippen molar-refractivity contribution < 1.29 is 4.79 Å². The topological polar surface area (TPSA) is 64.0 Å². The second-order valence-electron chi connectivity index (χ2n) is 5.80. The molecule has 0 saturated heterocycles. The molecule has 132 valence electrons. The average molecular weight is 368 g/mol. The Kier molecular flexibility index (Phi) is 5.81. The fourth-order valence-electron chi connectivity index (χ4n) is 2.52. The lowest BCUT2D eigenvalue weighted by Crippen LogP contribution is -2.28. The van der Waals surface area contributed by atoms with Gasteiger partial charge in [-0.15, -0.1) is 0 Å². The normalized spacial score (nSPS) is 10.5. The second kappa shape index (κ2) is 8.45. The van der Waals surface area contributed by atoms with E-state index in [9.17, 15) is 9.59 Å². The van der Waals surface area contributed by atoms with Gasteiger partial charge in [0.15, 0.2) is 0 Å². The van der Waals surface area contributed by atoms with Gasteiger partial charge in [-0.05, 0) is 23.8 Å². The first kappa shape index (κ1) is 17.9. The summed E-state index contributed by atoms with van der Waals surface area (Å²) in [6.07, 6.45) is 0.172. The Balaban J connectivity index is 1.60. The van der Waals surface area contributed by atoms with Crippen LogP contribution in [0.25, 0.3) is 11.3 Å². The Morgan fingerprint density at radius 1 is 1.04 bits per heavy atom. The van der Waals surface area contributed by atoms with Crippen LogP contribution in [0.15, 0.2) is 71.5 Å². The molecule has 1 aromatic heterocycles. The lowest BCUT2D eigenvalue weighted by atomic mass is 10.1. The van der Waals surface area contributed by atoms with Crippen molar-refractivity contribution in [2.75, 3.05) is 0 Å². The van der Waals surface area contributed by atoms with E-state index in [0.29, 0.717) is 17.3 Å². The Hall–Kier alpha value is -2.92. The molecule has 26 heavy (non-hydrogen) atoms. The zero-order valence-corrected chi connectivity index (χ0v) is 14.8. The average Bonchev–Trinajstić information content (AvgIpc) is 2.66. The van der Waals surface area contributed by atoms with Crippen LogP contribution in [0.1, 0.15) is 12.0 Å². The minimum Gasteiger partial charge on any atom is -0.352 e. The summed E-state index contributed by atoms with van der Waals surface area (Å²) in [5.41, 5.74) is 2.32. The minimum absolute atomic E-state index is 0.149. The van der Waals surface area contributed by atoms with Crippen molar-refractivity contribution >= 4 is 17.5 Å². The van der Waals surface area contributed by atoms with Gasteiger partial charge >= 0.3 is 0 Å². The molecule has 0 bridgehead atoms. The number of amides is 1.